The summed E-state index contributed by atoms with van der Waals surface area (Å²) in [7, 11) is 1.54. The Morgan fingerprint density at radius 1 is 1.08 bits per heavy atom. The number of nitrogens with zero attached hydrogens (tertiary/aromatic N) is 1. The zero-order valence-electron chi connectivity index (χ0n) is 14.1. The van der Waals surface area contributed by atoms with Crippen molar-refractivity contribution in [2.45, 2.75) is 13.8 Å². The number of hydrazine groups is 1. The maximum absolute atomic E-state index is 12.7. The van der Waals surface area contributed by atoms with Gasteiger partial charge in [0.1, 0.15) is 11.3 Å². The van der Waals surface area contributed by atoms with Gasteiger partial charge in [-0.05, 0) is 61.4 Å². The minimum absolute atomic E-state index is 0.0645. The molecule has 0 aromatic heterocycles. The summed E-state index contributed by atoms with van der Waals surface area (Å²) in [5.74, 6) is -0.249. The molecule has 0 aliphatic carbocycles. The Balaban J connectivity index is 1.99. The first-order chi connectivity index (χ1) is 11.9. The molecule has 0 radical (unpaired) electrons. The van der Waals surface area contributed by atoms with Crippen molar-refractivity contribution < 1.29 is 14.3 Å². The summed E-state index contributed by atoms with van der Waals surface area (Å²) in [5.41, 5.74) is 6.13. The highest BCUT2D eigenvalue weighted by atomic mass is 79.9. The molecule has 1 heterocycles. The first-order valence-electron chi connectivity index (χ1n) is 7.68. The molecule has 1 aliphatic heterocycles. The number of halogens is 1. The van der Waals surface area contributed by atoms with Crippen molar-refractivity contribution in [1.82, 2.24) is 5.43 Å². The molecule has 6 heteroatoms. The van der Waals surface area contributed by atoms with Crippen molar-refractivity contribution in [3.8, 4) is 5.75 Å². The summed E-state index contributed by atoms with van der Waals surface area (Å²) in [6.45, 7) is 3.96. The predicted octanol–water partition coefficient (Wildman–Crippen LogP) is 3.54. The molecular formula is C19H17BrN2O3. The normalized spacial score (nSPS) is 15.7. The van der Waals surface area contributed by atoms with Crippen molar-refractivity contribution in [1.29, 1.82) is 0 Å². The van der Waals surface area contributed by atoms with Gasteiger partial charge in [0.2, 0.25) is 0 Å². The Kier molecular flexibility index (Phi) is 4.63. The van der Waals surface area contributed by atoms with E-state index >= 15 is 0 Å². The fraction of sp³-hybridized carbons (Fsp3) is 0.158. The number of benzene rings is 2. The average molecular weight is 401 g/mol. The van der Waals surface area contributed by atoms with Crippen LogP contribution < -0.4 is 15.2 Å². The van der Waals surface area contributed by atoms with Gasteiger partial charge in [-0.25, -0.2) is 5.01 Å². The largest absolute Gasteiger partial charge is 0.496 e. The summed E-state index contributed by atoms with van der Waals surface area (Å²) in [6.07, 6.45) is 1.54. The molecule has 2 amide bonds. The maximum atomic E-state index is 12.7. The highest BCUT2D eigenvalue weighted by Crippen LogP contribution is 2.28. The molecular weight excluding hydrogens is 384 g/mol. The van der Waals surface area contributed by atoms with Gasteiger partial charge in [-0.2, -0.15) is 0 Å². The van der Waals surface area contributed by atoms with Crippen LogP contribution in [0.2, 0.25) is 0 Å². The topological polar surface area (TPSA) is 58.6 Å². The number of ether oxygens (including phenoxy) is 1. The van der Waals surface area contributed by atoms with Gasteiger partial charge in [0.05, 0.1) is 12.8 Å². The van der Waals surface area contributed by atoms with Crippen LogP contribution in [0, 0.1) is 13.8 Å². The molecule has 0 unspecified atom stereocenters. The van der Waals surface area contributed by atoms with Crippen LogP contribution in [0.5, 0.6) is 5.75 Å². The van der Waals surface area contributed by atoms with Gasteiger partial charge in [0.15, 0.2) is 0 Å². The van der Waals surface area contributed by atoms with E-state index in [1.165, 1.54) is 5.01 Å². The first-order valence-corrected chi connectivity index (χ1v) is 8.48. The lowest BCUT2D eigenvalue weighted by atomic mass is 10.1. The number of aryl methyl sites for hydroxylation is 2. The number of carbonyl (C=O) groups is 2. The highest BCUT2D eigenvalue weighted by Gasteiger charge is 2.34. The summed E-state index contributed by atoms with van der Waals surface area (Å²) in [6, 6.07) is 11.0. The second kappa shape index (κ2) is 6.72. The zero-order valence-corrected chi connectivity index (χ0v) is 15.7. The Labute approximate surface area is 154 Å². The fourth-order valence-electron chi connectivity index (χ4n) is 2.58. The Morgan fingerprint density at radius 3 is 2.52 bits per heavy atom. The monoisotopic (exact) mass is 400 g/mol. The number of carbonyl (C=O) groups excluding carboxylic acids is 2. The third-order valence-corrected chi connectivity index (χ3v) is 4.63. The Morgan fingerprint density at radius 2 is 1.84 bits per heavy atom. The molecule has 0 atom stereocenters. The van der Waals surface area contributed by atoms with E-state index in [0.717, 1.165) is 15.6 Å². The molecule has 0 bridgehead atoms. The van der Waals surface area contributed by atoms with Gasteiger partial charge < -0.3 is 4.74 Å². The molecule has 2 aromatic rings. The first kappa shape index (κ1) is 17.2. The van der Waals surface area contributed by atoms with E-state index < -0.39 is 11.8 Å². The molecule has 3 rings (SSSR count). The van der Waals surface area contributed by atoms with Crippen LogP contribution in [0.15, 0.2) is 46.4 Å². The number of anilines is 1. The van der Waals surface area contributed by atoms with E-state index in [9.17, 15) is 9.59 Å². The van der Waals surface area contributed by atoms with Crippen molar-refractivity contribution in [2.75, 3.05) is 12.1 Å². The van der Waals surface area contributed by atoms with Crippen molar-refractivity contribution in [2.24, 2.45) is 0 Å². The van der Waals surface area contributed by atoms with E-state index in [-0.39, 0.29) is 5.57 Å². The fourth-order valence-corrected chi connectivity index (χ4v) is 2.96. The quantitative estimate of drug-likeness (QED) is 0.633. The number of hydrogen-bond acceptors (Lipinski definition) is 3. The summed E-state index contributed by atoms with van der Waals surface area (Å²) < 4.78 is 6.13. The van der Waals surface area contributed by atoms with Crippen LogP contribution >= 0.6 is 15.9 Å². The lowest BCUT2D eigenvalue weighted by molar-refractivity contribution is -0.117. The summed E-state index contributed by atoms with van der Waals surface area (Å²) in [5, 5.41) is 1.27. The van der Waals surface area contributed by atoms with E-state index in [0.29, 0.717) is 17.0 Å². The minimum atomic E-state index is -0.440. The van der Waals surface area contributed by atoms with E-state index in [2.05, 4.69) is 21.4 Å². The second-order valence-corrected chi connectivity index (χ2v) is 6.71. The summed E-state index contributed by atoms with van der Waals surface area (Å²) >= 11 is 3.39. The second-order valence-electron chi connectivity index (χ2n) is 5.79. The van der Waals surface area contributed by atoms with Crippen LogP contribution in [0.1, 0.15) is 16.7 Å². The van der Waals surface area contributed by atoms with E-state index in [1.54, 1.807) is 25.3 Å². The standard InChI is InChI=1S/C19H17BrN2O3/c1-11-4-6-15(8-12(11)2)22-19(24)16(18(23)21-22)10-13-9-14(20)5-7-17(13)25-3/h4-10H,1-3H3,(H,21,23)/b16-10+. The third kappa shape index (κ3) is 3.30. The number of methoxy groups -OCH3 is 1. The van der Waals surface area contributed by atoms with Crippen LogP contribution in [0.3, 0.4) is 0 Å². The molecule has 0 saturated carbocycles. The predicted molar refractivity (Wildman–Crippen MR) is 100 cm³/mol. The Bertz CT molecular complexity index is 906. The maximum Gasteiger partial charge on any atom is 0.282 e. The zero-order chi connectivity index (χ0) is 18.1. The lowest BCUT2D eigenvalue weighted by Crippen LogP contribution is -2.35. The number of rotatable bonds is 3. The third-order valence-electron chi connectivity index (χ3n) is 4.13. The lowest BCUT2D eigenvalue weighted by Gasteiger charge is -2.16. The van der Waals surface area contributed by atoms with Crippen LogP contribution in [-0.4, -0.2) is 18.9 Å². The Hall–Kier alpha value is -2.60. The van der Waals surface area contributed by atoms with Gasteiger partial charge >= 0.3 is 0 Å². The van der Waals surface area contributed by atoms with E-state index in [1.807, 2.05) is 38.1 Å². The number of nitrogens with one attached hydrogen (secondary N) is 1. The SMILES string of the molecule is COc1ccc(Br)cc1/C=C1\C(=O)NN(c2ccc(C)c(C)c2)C1=O. The summed E-state index contributed by atoms with van der Waals surface area (Å²) in [4.78, 5) is 25.0. The molecule has 2 aromatic carbocycles. The number of amides is 2. The number of hydrogen-bond donors (Lipinski definition) is 1. The van der Waals surface area contributed by atoms with Crippen LogP contribution in [0.25, 0.3) is 6.08 Å². The van der Waals surface area contributed by atoms with Gasteiger partial charge in [0.25, 0.3) is 11.8 Å². The molecule has 0 spiro atoms. The molecule has 1 aliphatic rings. The molecule has 5 nitrogen and oxygen atoms in total. The molecule has 1 saturated heterocycles. The highest BCUT2D eigenvalue weighted by molar-refractivity contribution is 9.10. The smallest absolute Gasteiger partial charge is 0.282 e. The van der Waals surface area contributed by atoms with Crippen molar-refractivity contribution >= 4 is 39.5 Å². The molecule has 1 N–H and O–H groups in total. The molecule has 1 fully saturated rings. The average Bonchev–Trinajstić information content (AvgIpc) is 2.86. The molecule has 128 valence electrons. The van der Waals surface area contributed by atoms with Crippen molar-refractivity contribution in [3.05, 3.63) is 63.1 Å². The van der Waals surface area contributed by atoms with Gasteiger partial charge in [-0.15, -0.1) is 0 Å². The minimum Gasteiger partial charge on any atom is -0.496 e. The van der Waals surface area contributed by atoms with Crippen molar-refractivity contribution in [3.63, 3.8) is 0 Å². The van der Waals surface area contributed by atoms with Gasteiger partial charge in [-0.3, -0.25) is 15.0 Å². The van der Waals surface area contributed by atoms with Gasteiger partial charge in [-0.1, -0.05) is 22.0 Å². The van der Waals surface area contributed by atoms with Crippen LogP contribution in [0.4, 0.5) is 5.69 Å². The van der Waals surface area contributed by atoms with Gasteiger partial charge in [0, 0.05) is 10.0 Å². The van der Waals surface area contributed by atoms with E-state index in [4.69, 9.17) is 4.74 Å². The van der Waals surface area contributed by atoms with Crippen LogP contribution in [-0.2, 0) is 9.59 Å². The molecule has 25 heavy (non-hydrogen) atoms.